The van der Waals surface area contributed by atoms with E-state index in [0.29, 0.717) is 24.4 Å². The van der Waals surface area contributed by atoms with Crippen LogP contribution in [0.3, 0.4) is 0 Å². The molecule has 7 heteroatoms. The fourth-order valence-corrected chi connectivity index (χ4v) is 3.88. The Labute approximate surface area is 135 Å². The van der Waals surface area contributed by atoms with E-state index in [2.05, 4.69) is 4.98 Å². The summed E-state index contributed by atoms with van der Waals surface area (Å²) in [5, 5.41) is 9.03. The Morgan fingerprint density at radius 3 is 2.52 bits per heavy atom. The number of benzene rings is 1. The number of sulfonamides is 1. The molecule has 0 aliphatic carbocycles. The Bertz CT molecular complexity index is 836. The van der Waals surface area contributed by atoms with Crippen LogP contribution in [0.25, 0.3) is 0 Å². The summed E-state index contributed by atoms with van der Waals surface area (Å²) in [4.78, 5) is 4.20. The third-order valence-electron chi connectivity index (χ3n) is 3.63. The van der Waals surface area contributed by atoms with Gasteiger partial charge in [-0.1, -0.05) is 12.1 Å². The van der Waals surface area contributed by atoms with Gasteiger partial charge in [-0.15, -0.1) is 0 Å². The van der Waals surface area contributed by atoms with E-state index in [9.17, 15) is 8.42 Å². The van der Waals surface area contributed by atoms with Crippen molar-refractivity contribution in [3.05, 3.63) is 48.2 Å². The van der Waals surface area contributed by atoms with E-state index in [-0.39, 0.29) is 10.8 Å². The zero-order valence-electron chi connectivity index (χ0n) is 12.3. The summed E-state index contributed by atoms with van der Waals surface area (Å²) < 4.78 is 31.8. The lowest BCUT2D eigenvalue weighted by Crippen LogP contribution is -2.27. The largest absolute Gasteiger partial charge is 0.438 e. The molecule has 1 saturated heterocycles. The van der Waals surface area contributed by atoms with Crippen molar-refractivity contribution in [3.8, 4) is 17.7 Å². The Balaban J connectivity index is 1.81. The van der Waals surface area contributed by atoms with Gasteiger partial charge in [-0.05, 0) is 31.0 Å². The molecular weight excluding hydrogens is 314 g/mol. The molecular formula is C16H15N3O3S. The van der Waals surface area contributed by atoms with Gasteiger partial charge >= 0.3 is 0 Å². The molecule has 23 heavy (non-hydrogen) atoms. The SMILES string of the molecule is N#Cc1ccccc1Oc1ccc(S(=O)(=O)N2CCCC2)cn1. The molecule has 1 aliphatic rings. The molecule has 0 saturated carbocycles. The third-order valence-corrected chi connectivity index (χ3v) is 5.52. The van der Waals surface area contributed by atoms with E-state index in [0.717, 1.165) is 12.8 Å². The molecule has 2 aromatic rings. The standard InChI is InChI=1S/C16H15N3O3S/c17-11-13-5-1-2-6-15(13)22-16-8-7-14(12-18-16)23(20,21)19-9-3-4-10-19/h1-2,5-8,12H,3-4,9-10H2. The average Bonchev–Trinajstić information content (AvgIpc) is 3.11. The number of aromatic nitrogens is 1. The first kappa shape index (κ1) is 15.5. The minimum Gasteiger partial charge on any atom is -0.438 e. The van der Waals surface area contributed by atoms with Crippen molar-refractivity contribution >= 4 is 10.0 Å². The first-order valence-corrected chi connectivity index (χ1v) is 8.68. The molecule has 1 aliphatic heterocycles. The summed E-state index contributed by atoms with van der Waals surface area (Å²) in [5.74, 6) is 0.630. The molecule has 0 radical (unpaired) electrons. The molecule has 6 nitrogen and oxygen atoms in total. The van der Waals surface area contributed by atoms with Gasteiger partial charge in [0.2, 0.25) is 15.9 Å². The van der Waals surface area contributed by atoms with Gasteiger partial charge in [0, 0.05) is 19.2 Å². The molecule has 0 atom stereocenters. The van der Waals surface area contributed by atoms with Crippen LogP contribution in [-0.4, -0.2) is 30.8 Å². The molecule has 0 N–H and O–H groups in total. The third kappa shape index (κ3) is 3.18. The smallest absolute Gasteiger partial charge is 0.244 e. The van der Waals surface area contributed by atoms with Crippen LogP contribution < -0.4 is 4.74 Å². The van der Waals surface area contributed by atoms with Gasteiger partial charge in [0.25, 0.3) is 0 Å². The molecule has 3 rings (SSSR count). The lowest BCUT2D eigenvalue weighted by atomic mass is 10.2. The molecule has 2 heterocycles. The van der Waals surface area contributed by atoms with Crippen molar-refractivity contribution in [1.29, 1.82) is 5.26 Å². The van der Waals surface area contributed by atoms with Gasteiger partial charge in [-0.25, -0.2) is 13.4 Å². The van der Waals surface area contributed by atoms with Crippen LogP contribution in [0.2, 0.25) is 0 Å². The number of hydrogen-bond acceptors (Lipinski definition) is 5. The number of nitriles is 1. The number of para-hydroxylation sites is 1. The van der Waals surface area contributed by atoms with E-state index in [1.807, 2.05) is 6.07 Å². The van der Waals surface area contributed by atoms with Crippen LogP contribution in [0.5, 0.6) is 11.6 Å². The van der Waals surface area contributed by atoms with Crippen molar-refractivity contribution in [1.82, 2.24) is 9.29 Å². The summed E-state index contributed by atoms with van der Waals surface area (Å²) in [6.07, 6.45) is 3.07. The molecule has 1 fully saturated rings. The minimum atomic E-state index is -3.48. The number of ether oxygens (including phenoxy) is 1. The zero-order chi connectivity index (χ0) is 16.3. The monoisotopic (exact) mass is 329 g/mol. The first-order chi connectivity index (χ1) is 11.1. The van der Waals surface area contributed by atoms with Gasteiger partial charge in [-0.2, -0.15) is 9.57 Å². The van der Waals surface area contributed by atoms with Crippen molar-refractivity contribution in [3.63, 3.8) is 0 Å². The number of rotatable bonds is 4. The Hall–Kier alpha value is -2.43. The highest BCUT2D eigenvalue weighted by molar-refractivity contribution is 7.89. The van der Waals surface area contributed by atoms with Crippen molar-refractivity contribution in [2.45, 2.75) is 17.7 Å². The molecule has 0 bridgehead atoms. The van der Waals surface area contributed by atoms with Crippen molar-refractivity contribution < 1.29 is 13.2 Å². The fraction of sp³-hybridized carbons (Fsp3) is 0.250. The van der Waals surface area contributed by atoms with Crippen LogP contribution in [0.1, 0.15) is 18.4 Å². The highest BCUT2D eigenvalue weighted by Gasteiger charge is 2.27. The summed E-state index contributed by atoms with van der Waals surface area (Å²) in [5.41, 5.74) is 0.392. The first-order valence-electron chi connectivity index (χ1n) is 7.24. The van der Waals surface area contributed by atoms with Gasteiger partial charge in [0.05, 0.1) is 11.8 Å². The van der Waals surface area contributed by atoms with E-state index >= 15 is 0 Å². The second-order valence-electron chi connectivity index (χ2n) is 5.15. The molecule has 0 amide bonds. The van der Waals surface area contributed by atoms with Gasteiger partial charge in [0.15, 0.2) is 0 Å². The van der Waals surface area contributed by atoms with Crippen LogP contribution in [-0.2, 0) is 10.0 Å². The lowest BCUT2D eigenvalue weighted by Gasteiger charge is -2.15. The minimum absolute atomic E-state index is 0.153. The van der Waals surface area contributed by atoms with Crippen molar-refractivity contribution in [2.75, 3.05) is 13.1 Å². The van der Waals surface area contributed by atoms with Crippen LogP contribution in [0.4, 0.5) is 0 Å². The highest BCUT2D eigenvalue weighted by atomic mass is 32.2. The zero-order valence-corrected chi connectivity index (χ0v) is 13.2. The number of nitrogens with zero attached hydrogens (tertiary/aromatic N) is 3. The van der Waals surface area contributed by atoms with Gasteiger partial charge in [0.1, 0.15) is 16.7 Å². The number of pyridine rings is 1. The van der Waals surface area contributed by atoms with Gasteiger partial charge < -0.3 is 4.74 Å². The van der Waals surface area contributed by atoms with Crippen LogP contribution in [0, 0.1) is 11.3 Å². The highest BCUT2D eigenvalue weighted by Crippen LogP contribution is 2.25. The second-order valence-corrected chi connectivity index (χ2v) is 7.09. The Morgan fingerprint density at radius 2 is 1.87 bits per heavy atom. The molecule has 1 aromatic heterocycles. The molecule has 0 spiro atoms. The van der Waals surface area contributed by atoms with Crippen LogP contribution >= 0.6 is 0 Å². The van der Waals surface area contributed by atoms with Crippen LogP contribution in [0.15, 0.2) is 47.5 Å². The van der Waals surface area contributed by atoms with Gasteiger partial charge in [-0.3, -0.25) is 0 Å². The normalized spacial score (nSPS) is 15.3. The van der Waals surface area contributed by atoms with E-state index in [4.69, 9.17) is 10.00 Å². The van der Waals surface area contributed by atoms with E-state index in [1.54, 1.807) is 24.3 Å². The van der Waals surface area contributed by atoms with Crippen molar-refractivity contribution in [2.24, 2.45) is 0 Å². The molecule has 118 valence electrons. The number of hydrogen-bond donors (Lipinski definition) is 0. The summed E-state index contributed by atoms with van der Waals surface area (Å²) >= 11 is 0. The molecule has 1 aromatic carbocycles. The van der Waals surface area contributed by atoms with E-state index in [1.165, 1.54) is 22.6 Å². The molecule has 0 unspecified atom stereocenters. The summed E-state index contributed by atoms with van der Waals surface area (Å²) in [6.45, 7) is 1.10. The second kappa shape index (κ2) is 6.36. The summed E-state index contributed by atoms with van der Waals surface area (Å²) in [6, 6.07) is 11.8. The Kier molecular flexibility index (Phi) is 4.28. The Morgan fingerprint density at radius 1 is 1.13 bits per heavy atom. The average molecular weight is 329 g/mol. The predicted molar refractivity (Wildman–Crippen MR) is 83.5 cm³/mol. The predicted octanol–water partition coefficient (Wildman–Crippen LogP) is 2.53. The summed E-state index contributed by atoms with van der Waals surface area (Å²) in [7, 11) is -3.48. The topological polar surface area (TPSA) is 83.3 Å². The quantitative estimate of drug-likeness (QED) is 0.860. The van der Waals surface area contributed by atoms with E-state index < -0.39 is 10.0 Å². The fourth-order valence-electron chi connectivity index (χ4n) is 2.42. The lowest BCUT2D eigenvalue weighted by molar-refractivity contribution is 0.458. The maximum Gasteiger partial charge on any atom is 0.244 e. The maximum atomic E-state index is 12.4. The maximum absolute atomic E-state index is 12.4.